The van der Waals surface area contributed by atoms with Gasteiger partial charge in [0.05, 0.1) is 0 Å². The Balaban J connectivity index is 0.00000121. The number of nitrogens with two attached hydrogens (primary N) is 1. The number of rotatable bonds is 1. The number of hydrogen-bond acceptors (Lipinski definition) is 1. The number of hydrogen-bond donors (Lipinski definition) is 1. The van der Waals surface area contributed by atoms with Gasteiger partial charge in [0.2, 0.25) is 0 Å². The molecule has 0 amide bonds. The van der Waals surface area contributed by atoms with Crippen molar-refractivity contribution in [3.8, 4) is 0 Å². The van der Waals surface area contributed by atoms with Crippen LogP contribution in [0.25, 0.3) is 0 Å². The Bertz CT molecular complexity index is 134. The fourth-order valence-electron chi connectivity index (χ4n) is 2.72. The topological polar surface area (TPSA) is 26.0 Å². The maximum Gasteiger partial charge on any atom is -0.00486 e. The van der Waals surface area contributed by atoms with Crippen LogP contribution in [0.4, 0.5) is 0 Å². The van der Waals surface area contributed by atoms with Gasteiger partial charge in [0.1, 0.15) is 0 Å². The summed E-state index contributed by atoms with van der Waals surface area (Å²) in [6, 6.07) is 0. The van der Waals surface area contributed by atoms with Gasteiger partial charge < -0.3 is 5.73 Å². The van der Waals surface area contributed by atoms with Crippen LogP contribution >= 0.6 is 12.4 Å². The van der Waals surface area contributed by atoms with E-state index >= 15 is 0 Å². The lowest BCUT2D eigenvalue weighted by molar-refractivity contribution is 0.137. The van der Waals surface area contributed by atoms with E-state index in [4.69, 9.17) is 5.73 Å². The highest BCUT2D eigenvalue weighted by molar-refractivity contribution is 5.85. The Morgan fingerprint density at radius 3 is 2.33 bits per heavy atom. The maximum atomic E-state index is 5.69. The van der Waals surface area contributed by atoms with Gasteiger partial charge >= 0.3 is 0 Å². The van der Waals surface area contributed by atoms with Crippen molar-refractivity contribution in [1.29, 1.82) is 0 Å². The summed E-state index contributed by atoms with van der Waals surface area (Å²) in [7, 11) is 0. The fourth-order valence-corrected chi connectivity index (χ4v) is 2.72. The van der Waals surface area contributed by atoms with E-state index in [9.17, 15) is 0 Å². The molecule has 12 heavy (non-hydrogen) atoms. The Hall–Kier alpha value is 0.250. The molecule has 1 aliphatic rings. The zero-order chi connectivity index (χ0) is 8.48. The molecule has 2 N–H and O–H groups in total. The van der Waals surface area contributed by atoms with Gasteiger partial charge in [0, 0.05) is 0 Å². The van der Waals surface area contributed by atoms with E-state index in [0.29, 0.717) is 5.41 Å². The highest BCUT2D eigenvalue weighted by atomic mass is 35.5. The van der Waals surface area contributed by atoms with Gasteiger partial charge in [-0.15, -0.1) is 12.4 Å². The molecule has 0 unspecified atom stereocenters. The lowest BCUT2D eigenvalue weighted by Gasteiger charge is -2.38. The minimum Gasteiger partial charge on any atom is -0.330 e. The highest BCUT2D eigenvalue weighted by Gasteiger charge is 2.30. The second kappa shape index (κ2) is 4.48. The van der Waals surface area contributed by atoms with Crippen LogP contribution in [0.5, 0.6) is 0 Å². The smallest absolute Gasteiger partial charge is 0.00486 e. The molecule has 1 aliphatic carbocycles. The van der Waals surface area contributed by atoms with E-state index in [1.165, 1.54) is 19.3 Å². The molecular formula is C10H22ClN. The van der Waals surface area contributed by atoms with Gasteiger partial charge in [-0.2, -0.15) is 0 Å². The third-order valence-corrected chi connectivity index (χ3v) is 2.81. The zero-order valence-corrected chi connectivity index (χ0v) is 9.29. The Labute approximate surface area is 82.5 Å². The molecule has 1 nitrogen and oxygen atoms in total. The summed E-state index contributed by atoms with van der Waals surface area (Å²) in [5.41, 5.74) is 6.23. The van der Waals surface area contributed by atoms with Crippen molar-refractivity contribution >= 4 is 12.4 Å². The second-order valence-electron chi connectivity index (χ2n) is 5.02. The molecule has 0 radical (unpaired) electrons. The monoisotopic (exact) mass is 191 g/mol. The SMILES string of the molecule is C[C@@H]1C[C@@H](CN)CC(C)(C)C1.Cl. The van der Waals surface area contributed by atoms with Crippen LogP contribution in [0.3, 0.4) is 0 Å². The lowest BCUT2D eigenvalue weighted by Crippen LogP contribution is -2.31. The van der Waals surface area contributed by atoms with Gasteiger partial charge in [-0.25, -0.2) is 0 Å². The molecule has 0 bridgehead atoms. The van der Waals surface area contributed by atoms with Crippen molar-refractivity contribution < 1.29 is 0 Å². The quantitative estimate of drug-likeness (QED) is 0.678. The second-order valence-corrected chi connectivity index (χ2v) is 5.02. The predicted octanol–water partition coefficient (Wildman–Crippen LogP) is 2.83. The van der Waals surface area contributed by atoms with E-state index in [2.05, 4.69) is 20.8 Å². The van der Waals surface area contributed by atoms with Gasteiger partial charge in [-0.3, -0.25) is 0 Å². The minimum atomic E-state index is 0. The van der Waals surface area contributed by atoms with Crippen molar-refractivity contribution in [3.05, 3.63) is 0 Å². The molecule has 0 aromatic carbocycles. The molecule has 1 saturated carbocycles. The lowest BCUT2D eigenvalue weighted by atomic mass is 9.68. The Morgan fingerprint density at radius 2 is 1.92 bits per heavy atom. The largest absolute Gasteiger partial charge is 0.330 e. The highest BCUT2D eigenvalue weighted by Crippen LogP contribution is 2.40. The molecule has 2 heteroatoms. The molecule has 74 valence electrons. The summed E-state index contributed by atoms with van der Waals surface area (Å²) >= 11 is 0. The summed E-state index contributed by atoms with van der Waals surface area (Å²) in [5, 5.41) is 0. The van der Waals surface area contributed by atoms with Crippen molar-refractivity contribution in [3.63, 3.8) is 0 Å². The van der Waals surface area contributed by atoms with Crippen LogP contribution < -0.4 is 5.73 Å². The molecule has 1 rings (SSSR count). The van der Waals surface area contributed by atoms with E-state index in [0.717, 1.165) is 18.4 Å². The van der Waals surface area contributed by atoms with Crippen molar-refractivity contribution in [2.24, 2.45) is 23.0 Å². The summed E-state index contributed by atoms with van der Waals surface area (Å²) in [6.07, 6.45) is 4.05. The summed E-state index contributed by atoms with van der Waals surface area (Å²) in [5.74, 6) is 1.67. The molecular weight excluding hydrogens is 170 g/mol. The van der Waals surface area contributed by atoms with Crippen LogP contribution in [0.15, 0.2) is 0 Å². The molecule has 2 atom stereocenters. The average molecular weight is 192 g/mol. The maximum absolute atomic E-state index is 5.69. The fraction of sp³-hybridized carbons (Fsp3) is 1.00. The van der Waals surface area contributed by atoms with Gasteiger partial charge in [0.25, 0.3) is 0 Å². The van der Waals surface area contributed by atoms with Crippen LogP contribution in [0.2, 0.25) is 0 Å². The zero-order valence-electron chi connectivity index (χ0n) is 8.47. The average Bonchev–Trinajstić information content (AvgIpc) is 1.83. The molecule has 1 fully saturated rings. The Kier molecular flexibility index (Phi) is 4.57. The van der Waals surface area contributed by atoms with Gasteiger partial charge in [0.15, 0.2) is 0 Å². The summed E-state index contributed by atoms with van der Waals surface area (Å²) < 4.78 is 0. The predicted molar refractivity (Wildman–Crippen MR) is 56.6 cm³/mol. The van der Waals surface area contributed by atoms with E-state index in [1.54, 1.807) is 0 Å². The molecule has 0 heterocycles. The van der Waals surface area contributed by atoms with Gasteiger partial charge in [-0.1, -0.05) is 20.8 Å². The molecule has 0 aromatic heterocycles. The summed E-state index contributed by atoms with van der Waals surface area (Å²) in [6.45, 7) is 7.97. The van der Waals surface area contributed by atoms with Crippen LogP contribution in [0, 0.1) is 17.3 Å². The third-order valence-electron chi connectivity index (χ3n) is 2.81. The van der Waals surface area contributed by atoms with Gasteiger partial charge in [-0.05, 0) is 43.1 Å². The van der Waals surface area contributed by atoms with Crippen molar-refractivity contribution in [2.75, 3.05) is 6.54 Å². The molecule has 0 spiro atoms. The summed E-state index contributed by atoms with van der Waals surface area (Å²) in [4.78, 5) is 0. The first-order valence-corrected chi connectivity index (χ1v) is 4.73. The first kappa shape index (κ1) is 12.2. The Morgan fingerprint density at radius 1 is 1.33 bits per heavy atom. The minimum absolute atomic E-state index is 0. The van der Waals surface area contributed by atoms with Crippen molar-refractivity contribution in [1.82, 2.24) is 0 Å². The molecule has 0 saturated heterocycles. The normalized spacial score (nSPS) is 34.0. The standard InChI is InChI=1S/C10H21N.ClH/c1-8-4-9(7-11)6-10(2,3)5-8;/h8-9H,4-7,11H2,1-3H3;1H/t8-,9-;/m1./s1. The first-order chi connectivity index (χ1) is 5.03. The third kappa shape index (κ3) is 3.32. The molecule has 0 aliphatic heterocycles. The van der Waals surface area contributed by atoms with Crippen molar-refractivity contribution in [2.45, 2.75) is 40.0 Å². The van der Waals surface area contributed by atoms with Crippen LogP contribution in [-0.4, -0.2) is 6.54 Å². The first-order valence-electron chi connectivity index (χ1n) is 4.73. The van der Waals surface area contributed by atoms with E-state index < -0.39 is 0 Å². The van der Waals surface area contributed by atoms with E-state index in [1.807, 2.05) is 0 Å². The number of halogens is 1. The van der Waals surface area contributed by atoms with E-state index in [-0.39, 0.29) is 12.4 Å². The molecule has 0 aromatic rings. The van der Waals surface area contributed by atoms with Crippen LogP contribution in [0.1, 0.15) is 40.0 Å². The van der Waals surface area contributed by atoms with Crippen LogP contribution in [-0.2, 0) is 0 Å².